The minimum Gasteiger partial charge on any atom is -0.456 e. The molecule has 194 valence electrons. The molecule has 6 aromatic carbocycles. The zero-order valence-corrected chi connectivity index (χ0v) is 22.3. The van der Waals surface area contributed by atoms with E-state index in [-0.39, 0.29) is 0 Å². The second-order valence-corrected chi connectivity index (χ2v) is 10.4. The summed E-state index contributed by atoms with van der Waals surface area (Å²) in [6.07, 6.45) is 0. The number of para-hydroxylation sites is 1. The van der Waals surface area contributed by atoms with Crippen molar-refractivity contribution in [3.05, 3.63) is 132 Å². The molecule has 0 N–H and O–H groups in total. The molecule has 0 aliphatic carbocycles. The van der Waals surface area contributed by atoms with Gasteiger partial charge >= 0.3 is 0 Å². The third-order valence-electron chi connectivity index (χ3n) is 7.98. The molecule has 0 saturated heterocycles. The Morgan fingerprint density at radius 3 is 1.88 bits per heavy atom. The minimum absolute atomic E-state index is 0.603. The van der Waals surface area contributed by atoms with Crippen LogP contribution in [0.1, 0.15) is 11.1 Å². The molecule has 0 spiro atoms. The molecule has 0 bridgehead atoms. The van der Waals surface area contributed by atoms with Gasteiger partial charge in [0.2, 0.25) is 0 Å². The van der Waals surface area contributed by atoms with Crippen LogP contribution in [-0.4, -0.2) is 0 Å². The molecule has 4 heteroatoms. The Kier molecular flexibility index (Phi) is 5.22. The highest BCUT2D eigenvalue weighted by molar-refractivity contribution is 6.07. The first-order valence-corrected chi connectivity index (χ1v) is 13.6. The van der Waals surface area contributed by atoms with Gasteiger partial charge < -0.3 is 8.83 Å². The van der Waals surface area contributed by atoms with E-state index < -0.39 is 0 Å². The molecule has 0 unspecified atom stereocenters. The second-order valence-electron chi connectivity index (χ2n) is 10.4. The van der Waals surface area contributed by atoms with Crippen LogP contribution >= 0.6 is 0 Å². The van der Waals surface area contributed by atoms with Crippen LogP contribution in [0.3, 0.4) is 0 Å². The van der Waals surface area contributed by atoms with E-state index in [4.69, 9.17) is 8.83 Å². The molecule has 0 atom stereocenters. The average Bonchev–Trinajstić information content (AvgIpc) is 3.61. The molecular weight excluding hydrogens is 516 g/mol. The van der Waals surface area contributed by atoms with Crippen LogP contribution in [0.25, 0.3) is 77.3 Å². The van der Waals surface area contributed by atoms with E-state index in [1.165, 1.54) is 0 Å². The molecule has 8 rings (SSSR count). The van der Waals surface area contributed by atoms with Gasteiger partial charge in [-0.25, -0.2) is 0 Å². The summed E-state index contributed by atoms with van der Waals surface area (Å²) in [4.78, 5) is 0. The van der Waals surface area contributed by atoms with Crippen molar-refractivity contribution in [1.82, 2.24) is 0 Å². The van der Waals surface area contributed by atoms with Gasteiger partial charge in [-0.1, -0.05) is 60.7 Å². The van der Waals surface area contributed by atoms with Gasteiger partial charge in [0.15, 0.2) is 0 Å². The first kappa shape index (κ1) is 23.8. The SMILES string of the molecule is N#Cc1ccc2oc3cc(-c4ccc(-c5ccc6c(c5)oc5ccccc56)c(-c5ccccc5C#N)c4)ccc3c2c1. The van der Waals surface area contributed by atoms with E-state index in [2.05, 4.69) is 60.7 Å². The quantitative estimate of drug-likeness (QED) is 0.225. The van der Waals surface area contributed by atoms with Gasteiger partial charge in [0.05, 0.1) is 23.3 Å². The molecule has 42 heavy (non-hydrogen) atoms. The lowest BCUT2D eigenvalue weighted by Gasteiger charge is -2.14. The maximum Gasteiger partial charge on any atom is 0.136 e. The molecule has 0 aliphatic heterocycles. The Labute approximate surface area is 240 Å². The van der Waals surface area contributed by atoms with Gasteiger partial charge in [-0.15, -0.1) is 0 Å². The van der Waals surface area contributed by atoms with E-state index in [0.717, 1.165) is 77.3 Å². The zero-order chi connectivity index (χ0) is 28.2. The lowest BCUT2D eigenvalue weighted by atomic mass is 9.89. The van der Waals surface area contributed by atoms with Crippen molar-refractivity contribution in [2.45, 2.75) is 0 Å². The monoisotopic (exact) mass is 536 g/mol. The van der Waals surface area contributed by atoms with E-state index in [1.54, 1.807) is 6.07 Å². The van der Waals surface area contributed by atoms with Gasteiger partial charge in [-0.05, 0) is 88.5 Å². The minimum atomic E-state index is 0.603. The molecular formula is C38H20N2O2. The molecule has 0 amide bonds. The van der Waals surface area contributed by atoms with Crippen molar-refractivity contribution in [1.29, 1.82) is 10.5 Å². The molecule has 0 aliphatic rings. The Morgan fingerprint density at radius 2 is 1.05 bits per heavy atom. The Morgan fingerprint density at radius 1 is 0.405 bits per heavy atom. The van der Waals surface area contributed by atoms with Crippen LogP contribution in [0.4, 0.5) is 0 Å². The number of hydrogen-bond donors (Lipinski definition) is 0. The van der Waals surface area contributed by atoms with E-state index in [0.29, 0.717) is 11.1 Å². The highest BCUT2D eigenvalue weighted by atomic mass is 16.3. The summed E-state index contributed by atoms with van der Waals surface area (Å²) in [7, 11) is 0. The highest BCUT2D eigenvalue weighted by Gasteiger charge is 2.16. The molecule has 0 fully saturated rings. The molecule has 2 heterocycles. The number of fused-ring (bicyclic) bond motifs is 6. The number of rotatable bonds is 3. The lowest BCUT2D eigenvalue weighted by Crippen LogP contribution is -1.90. The van der Waals surface area contributed by atoms with Gasteiger partial charge in [-0.3, -0.25) is 0 Å². The Hall–Kier alpha value is -6.10. The standard InChI is InChI=1S/C38H20N2O2/c39-21-23-9-16-36-34(17-23)32-14-11-25(19-37(32)42-36)24-10-13-29(33(18-24)28-6-2-1-5-27(28)22-40)26-12-15-31-30-7-3-4-8-35(30)41-38(31)20-26/h1-20H. The van der Waals surface area contributed by atoms with Crippen molar-refractivity contribution in [3.63, 3.8) is 0 Å². The topological polar surface area (TPSA) is 73.9 Å². The van der Waals surface area contributed by atoms with Crippen molar-refractivity contribution < 1.29 is 8.83 Å². The van der Waals surface area contributed by atoms with Gasteiger partial charge in [-0.2, -0.15) is 10.5 Å². The van der Waals surface area contributed by atoms with Gasteiger partial charge in [0.1, 0.15) is 22.3 Å². The van der Waals surface area contributed by atoms with Crippen molar-refractivity contribution >= 4 is 43.9 Å². The Bertz CT molecular complexity index is 2450. The predicted octanol–water partition coefficient (Wildman–Crippen LogP) is 10.2. The molecule has 0 radical (unpaired) electrons. The van der Waals surface area contributed by atoms with Crippen LogP contribution in [0, 0.1) is 22.7 Å². The van der Waals surface area contributed by atoms with Crippen LogP contribution in [-0.2, 0) is 0 Å². The number of nitrogens with zero attached hydrogens (tertiary/aromatic N) is 2. The molecule has 4 nitrogen and oxygen atoms in total. The lowest BCUT2D eigenvalue weighted by molar-refractivity contribution is 0.668. The normalized spacial score (nSPS) is 11.3. The van der Waals surface area contributed by atoms with Crippen LogP contribution in [0.5, 0.6) is 0 Å². The predicted molar refractivity (Wildman–Crippen MR) is 167 cm³/mol. The average molecular weight is 537 g/mol. The van der Waals surface area contributed by atoms with E-state index >= 15 is 0 Å². The third kappa shape index (κ3) is 3.68. The van der Waals surface area contributed by atoms with E-state index in [9.17, 15) is 10.5 Å². The fourth-order valence-corrected chi connectivity index (χ4v) is 5.93. The Balaban J connectivity index is 1.32. The van der Waals surface area contributed by atoms with Gasteiger partial charge in [0, 0.05) is 27.1 Å². The number of nitriles is 2. The number of benzene rings is 6. The summed E-state index contributed by atoms with van der Waals surface area (Å²) in [5, 5.41) is 23.4. The first-order valence-electron chi connectivity index (χ1n) is 13.6. The fraction of sp³-hybridized carbons (Fsp3) is 0. The smallest absolute Gasteiger partial charge is 0.136 e. The summed E-state index contributed by atoms with van der Waals surface area (Å²) in [6, 6.07) is 44.7. The third-order valence-corrected chi connectivity index (χ3v) is 7.98. The fourth-order valence-electron chi connectivity index (χ4n) is 5.93. The van der Waals surface area contributed by atoms with Crippen LogP contribution < -0.4 is 0 Å². The maximum atomic E-state index is 9.98. The maximum absolute atomic E-state index is 9.98. The van der Waals surface area contributed by atoms with Gasteiger partial charge in [0.25, 0.3) is 0 Å². The van der Waals surface area contributed by atoms with Crippen molar-refractivity contribution in [3.8, 4) is 45.5 Å². The van der Waals surface area contributed by atoms with E-state index in [1.807, 2.05) is 66.7 Å². The first-order chi connectivity index (χ1) is 20.7. The summed E-state index contributed by atoms with van der Waals surface area (Å²) in [5.74, 6) is 0. The summed E-state index contributed by atoms with van der Waals surface area (Å²) < 4.78 is 12.4. The van der Waals surface area contributed by atoms with Crippen molar-refractivity contribution in [2.75, 3.05) is 0 Å². The number of hydrogen-bond acceptors (Lipinski definition) is 4. The summed E-state index contributed by atoms with van der Waals surface area (Å²) in [6.45, 7) is 0. The molecule has 8 aromatic rings. The van der Waals surface area contributed by atoms with Crippen LogP contribution in [0.15, 0.2) is 130 Å². The molecule has 2 aromatic heterocycles. The summed E-state index contributed by atoms with van der Waals surface area (Å²) >= 11 is 0. The van der Waals surface area contributed by atoms with Crippen molar-refractivity contribution in [2.24, 2.45) is 0 Å². The highest BCUT2D eigenvalue weighted by Crippen LogP contribution is 2.40. The molecule has 0 saturated carbocycles. The van der Waals surface area contributed by atoms with Crippen LogP contribution in [0.2, 0.25) is 0 Å². The zero-order valence-electron chi connectivity index (χ0n) is 22.3. The largest absolute Gasteiger partial charge is 0.456 e. The summed E-state index contributed by atoms with van der Waals surface area (Å²) in [5.41, 5.74) is 10.3. The second kappa shape index (κ2) is 9.24. The number of furan rings is 2.